The van der Waals surface area contributed by atoms with Gasteiger partial charge in [0, 0.05) is 36.5 Å². The molecule has 13 heteroatoms. The maximum Gasteiger partial charge on any atom is 0.511 e. The van der Waals surface area contributed by atoms with Crippen LogP contribution in [0.4, 0.5) is 23.7 Å². The Morgan fingerprint density at radius 1 is 1.15 bits per heavy atom. The van der Waals surface area contributed by atoms with Crippen LogP contribution in [0.25, 0.3) is 0 Å². The summed E-state index contributed by atoms with van der Waals surface area (Å²) in [6.45, 7) is 0.305. The van der Waals surface area contributed by atoms with Crippen molar-refractivity contribution in [2.75, 3.05) is 17.6 Å². The van der Waals surface area contributed by atoms with E-state index in [2.05, 4.69) is 10.1 Å². The molecule has 1 fully saturated rings. The highest BCUT2D eigenvalue weighted by Gasteiger charge is 2.35. The first-order valence-corrected chi connectivity index (χ1v) is 10.8. The molecule has 2 amide bonds. The Bertz CT molecular complexity index is 1060. The Hall–Kier alpha value is -2.96. The number of rotatable bonds is 7. The SMILES string of the molecule is Cl.N[C@@H](CC(=O)N1CCSC1C(=O)Nc1ccc(OC(=O)O)cc1)Cc1cc(F)c(F)cc1F. The molecule has 2 aromatic rings. The fraction of sp³-hybridized carbons (Fsp3) is 0.286. The molecule has 1 unspecified atom stereocenters. The van der Waals surface area contributed by atoms with E-state index >= 15 is 0 Å². The van der Waals surface area contributed by atoms with Crippen LogP contribution in [-0.4, -0.2) is 51.7 Å². The van der Waals surface area contributed by atoms with Crippen molar-refractivity contribution in [2.24, 2.45) is 5.73 Å². The summed E-state index contributed by atoms with van der Waals surface area (Å²) in [6, 6.07) is 5.91. The number of hydrogen-bond donors (Lipinski definition) is 3. The van der Waals surface area contributed by atoms with Crippen molar-refractivity contribution in [3.05, 3.63) is 59.4 Å². The molecule has 0 saturated carbocycles. The number of nitrogens with zero attached hydrogens (tertiary/aromatic N) is 1. The van der Waals surface area contributed by atoms with Gasteiger partial charge >= 0.3 is 6.16 Å². The molecule has 184 valence electrons. The Kier molecular flexibility index (Phi) is 9.59. The molecule has 1 heterocycles. The molecular formula is C21H21ClF3N3O5S. The van der Waals surface area contributed by atoms with Gasteiger partial charge in [-0.3, -0.25) is 9.59 Å². The van der Waals surface area contributed by atoms with Gasteiger partial charge in [0.05, 0.1) is 0 Å². The zero-order valence-corrected chi connectivity index (χ0v) is 19.1. The fourth-order valence-electron chi connectivity index (χ4n) is 3.27. The zero-order chi connectivity index (χ0) is 24.1. The minimum atomic E-state index is -1.46. The van der Waals surface area contributed by atoms with Gasteiger partial charge in [-0.15, -0.1) is 24.2 Å². The molecule has 0 aromatic heterocycles. The first kappa shape index (κ1) is 27.3. The molecule has 2 atom stereocenters. The van der Waals surface area contributed by atoms with Crippen molar-refractivity contribution < 1.29 is 37.4 Å². The number of benzene rings is 2. The van der Waals surface area contributed by atoms with Crippen LogP contribution < -0.4 is 15.8 Å². The number of nitrogens with one attached hydrogen (secondary N) is 1. The molecule has 4 N–H and O–H groups in total. The molecule has 0 bridgehead atoms. The number of ether oxygens (including phenoxy) is 1. The van der Waals surface area contributed by atoms with E-state index in [1.54, 1.807) is 0 Å². The van der Waals surface area contributed by atoms with Gasteiger partial charge in [-0.1, -0.05) is 0 Å². The molecule has 0 aliphatic carbocycles. The molecule has 1 aliphatic heterocycles. The Morgan fingerprint density at radius 2 is 1.79 bits per heavy atom. The van der Waals surface area contributed by atoms with Crippen LogP contribution in [0.5, 0.6) is 5.75 Å². The first-order valence-electron chi connectivity index (χ1n) is 9.76. The summed E-state index contributed by atoms with van der Waals surface area (Å²) in [6.07, 6.45) is -1.87. The summed E-state index contributed by atoms with van der Waals surface area (Å²) in [5.41, 5.74) is 6.17. The Morgan fingerprint density at radius 3 is 2.44 bits per heavy atom. The van der Waals surface area contributed by atoms with E-state index in [0.29, 0.717) is 30.1 Å². The molecule has 2 aromatic carbocycles. The number of hydrogen-bond acceptors (Lipinski definition) is 6. The maximum atomic E-state index is 13.8. The Balaban J connectivity index is 0.00000408. The third-order valence-electron chi connectivity index (χ3n) is 4.77. The molecule has 0 spiro atoms. The van der Waals surface area contributed by atoms with Gasteiger partial charge in [-0.2, -0.15) is 0 Å². The largest absolute Gasteiger partial charge is 0.511 e. The molecule has 0 radical (unpaired) electrons. The predicted molar refractivity (Wildman–Crippen MR) is 122 cm³/mol. The van der Waals surface area contributed by atoms with Gasteiger partial charge in [-0.05, 0) is 42.3 Å². The number of nitrogens with two attached hydrogens (primary N) is 1. The van der Waals surface area contributed by atoms with Gasteiger partial charge in [0.1, 0.15) is 11.6 Å². The summed E-state index contributed by atoms with van der Waals surface area (Å²) in [7, 11) is 0. The van der Waals surface area contributed by atoms with Gasteiger partial charge in [0.15, 0.2) is 17.0 Å². The summed E-state index contributed by atoms with van der Waals surface area (Å²) < 4.78 is 44.8. The first-order chi connectivity index (χ1) is 15.6. The van der Waals surface area contributed by atoms with Gasteiger partial charge in [-0.25, -0.2) is 18.0 Å². The van der Waals surface area contributed by atoms with Crippen LogP contribution in [0, 0.1) is 17.5 Å². The maximum absolute atomic E-state index is 13.8. The normalized spacial score (nSPS) is 15.9. The second-order valence-corrected chi connectivity index (χ2v) is 8.41. The van der Waals surface area contributed by atoms with Crippen molar-refractivity contribution in [3.63, 3.8) is 0 Å². The number of carbonyl (C=O) groups excluding carboxylic acids is 2. The van der Waals surface area contributed by atoms with E-state index in [4.69, 9.17) is 10.8 Å². The monoisotopic (exact) mass is 519 g/mol. The minimum absolute atomic E-state index is 0. The average Bonchev–Trinajstić information content (AvgIpc) is 3.23. The van der Waals surface area contributed by atoms with E-state index < -0.39 is 46.8 Å². The smallest absolute Gasteiger partial charge is 0.449 e. The van der Waals surface area contributed by atoms with E-state index in [0.717, 1.165) is 0 Å². The van der Waals surface area contributed by atoms with Crippen LogP contribution in [-0.2, 0) is 16.0 Å². The van der Waals surface area contributed by atoms with E-state index in [9.17, 15) is 27.6 Å². The van der Waals surface area contributed by atoms with Crippen molar-refractivity contribution >= 4 is 47.8 Å². The molecule has 1 aliphatic rings. The lowest BCUT2D eigenvalue weighted by atomic mass is 10.0. The number of amides is 2. The van der Waals surface area contributed by atoms with Gasteiger partial charge in [0.25, 0.3) is 5.91 Å². The lowest BCUT2D eigenvalue weighted by Crippen LogP contribution is -2.44. The lowest BCUT2D eigenvalue weighted by Gasteiger charge is -2.24. The molecule has 8 nitrogen and oxygen atoms in total. The number of carbonyl (C=O) groups is 3. The quantitative estimate of drug-likeness (QED) is 0.291. The third-order valence-corrected chi connectivity index (χ3v) is 5.97. The predicted octanol–water partition coefficient (Wildman–Crippen LogP) is 3.38. The highest BCUT2D eigenvalue weighted by atomic mass is 35.5. The van der Waals surface area contributed by atoms with Gasteiger partial charge in [0.2, 0.25) is 5.91 Å². The summed E-state index contributed by atoms with van der Waals surface area (Å²) in [5.74, 6) is -3.76. The van der Waals surface area contributed by atoms with Crippen molar-refractivity contribution in [1.82, 2.24) is 4.90 Å². The van der Waals surface area contributed by atoms with Crippen molar-refractivity contribution in [3.8, 4) is 5.75 Å². The highest BCUT2D eigenvalue weighted by Crippen LogP contribution is 2.27. The number of halogens is 4. The van der Waals surface area contributed by atoms with E-state index in [1.807, 2.05) is 0 Å². The highest BCUT2D eigenvalue weighted by molar-refractivity contribution is 8.00. The standard InChI is InChI=1S/C21H20F3N3O5S.ClH/c22-15-10-17(24)16(23)8-11(15)7-12(25)9-18(28)27-5-6-33-20(27)19(29)26-13-1-3-14(4-2-13)32-21(30)31;/h1-4,8,10,12,20H,5-7,9,25H2,(H,26,29)(H,30,31);1H/t12-,20?;/m1./s1. The minimum Gasteiger partial charge on any atom is -0.449 e. The summed E-state index contributed by atoms with van der Waals surface area (Å²) in [5, 5.41) is 10.4. The molecular weight excluding hydrogens is 499 g/mol. The van der Waals surface area contributed by atoms with Crippen LogP contribution in [0.15, 0.2) is 36.4 Å². The van der Waals surface area contributed by atoms with Crippen LogP contribution >= 0.6 is 24.2 Å². The van der Waals surface area contributed by atoms with Crippen LogP contribution in [0.2, 0.25) is 0 Å². The van der Waals surface area contributed by atoms with Crippen LogP contribution in [0.1, 0.15) is 12.0 Å². The second-order valence-electron chi connectivity index (χ2n) is 7.22. The number of thioether (sulfide) groups is 1. The molecule has 3 rings (SSSR count). The van der Waals surface area contributed by atoms with Crippen molar-refractivity contribution in [1.29, 1.82) is 0 Å². The van der Waals surface area contributed by atoms with E-state index in [1.165, 1.54) is 40.9 Å². The molecule has 34 heavy (non-hydrogen) atoms. The number of carboxylic acid groups (broad SMARTS) is 1. The zero-order valence-electron chi connectivity index (χ0n) is 17.5. The summed E-state index contributed by atoms with van der Waals surface area (Å²) in [4.78, 5) is 37.3. The average molecular weight is 520 g/mol. The van der Waals surface area contributed by atoms with Crippen molar-refractivity contribution in [2.45, 2.75) is 24.3 Å². The second kappa shape index (κ2) is 12.0. The van der Waals surface area contributed by atoms with Gasteiger partial charge < -0.3 is 25.8 Å². The summed E-state index contributed by atoms with van der Waals surface area (Å²) >= 11 is 1.25. The molecule has 1 saturated heterocycles. The van der Waals surface area contributed by atoms with Crippen LogP contribution in [0.3, 0.4) is 0 Å². The third kappa shape index (κ3) is 7.02. The topological polar surface area (TPSA) is 122 Å². The fourth-order valence-corrected chi connectivity index (χ4v) is 4.41. The Labute approximate surface area is 203 Å². The lowest BCUT2D eigenvalue weighted by molar-refractivity contribution is -0.135. The number of anilines is 1. The van der Waals surface area contributed by atoms with E-state index in [-0.39, 0.29) is 36.6 Å².